The van der Waals surface area contributed by atoms with E-state index in [9.17, 15) is 13.2 Å². The van der Waals surface area contributed by atoms with E-state index in [1.54, 1.807) is 30.5 Å². The molecule has 2 N–H and O–H groups in total. The number of nitrogens with one attached hydrogen (secondary N) is 2. The topological polar surface area (TPSA) is 101 Å². The molecule has 0 aliphatic carbocycles. The molecule has 1 aliphatic rings. The number of hydrogen-bond donors (Lipinski definition) is 2. The van der Waals surface area contributed by atoms with Gasteiger partial charge in [-0.2, -0.15) is 0 Å². The summed E-state index contributed by atoms with van der Waals surface area (Å²) in [5.74, 6) is 0.907. The van der Waals surface area contributed by atoms with Gasteiger partial charge in [-0.05, 0) is 49.6 Å². The number of rotatable bonds is 7. The Morgan fingerprint density at radius 2 is 2.00 bits per heavy atom. The molecular formula is C19H22N4O3S. The number of benzene rings is 1. The Balaban J connectivity index is 1.41. The van der Waals surface area contributed by atoms with Gasteiger partial charge in [0.15, 0.2) is 0 Å². The van der Waals surface area contributed by atoms with Gasteiger partial charge in [-0.15, -0.1) is 0 Å². The molecule has 0 saturated heterocycles. The number of aryl methyl sites for hydroxylation is 1. The van der Waals surface area contributed by atoms with Gasteiger partial charge in [-0.3, -0.25) is 14.5 Å². The number of anilines is 1. The second kappa shape index (κ2) is 8.30. The van der Waals surface area contributed by atoms with Crippen LogP contribution in [0.2, 0.25) is 0 Å². The summed E-state index contributed by atoms with van der Waals surface area (Å²) >= 11 is 0. The van der Waals surface area contributed by atoms with Crippen molar-refractivity contribution in [2.75, 3.05) is 11.9 Å². The van der Waals surface area contributed by atoms with Crippen LogP contribution in [0.3, 0.4) is 0 Å². The quantitative estimate of drug-likeness (QED) is 0.714. The number of carbonyl (C=O) groups excluding carboxylic acids is 1. The van der Waals surface area contributed by atoms with Gasteiger partial charge in [0.25, 0.3) is 10.0 Å². The van der Waals surface area contributed by atoms with E-state index < -0.39 is 10.0 Å². The number of unbranched alkanes of at least 4 members (excludes halogenated alkanes) is 2. The molecule has 2 aromatic rings. The number of pyridine rings is 1. The number of aromatic nitrogens is 1. The second-order valence-corrected chi connectivity index (χ2v) is 8.06. The maximum atomic E-state index is 12.0. The average molecular weight is 386 g/mol. The largest absolute Gasteiger partial charge is 0.311 e. The van der Waals surface area contributed by atoms with E-state index in [1.165, 1.54) is 0 Å². The first kappa shape index (κ1) is 19.0. The number of sulfonamides is 1. The Bertz CT molecular complexity index is 970. The molecule has 1 aromatic carbocycles. The molecule has 142 valence electrons. The average Bonchev–Trinajstić information content (AvgIpc) is 2.89. The third kappa shape index (κ3) is 4.91. The highest BCUT2D eigenvalue weighted by Crippen LogP contribution is 2.22. The van der Waals surface area contributed by atoms with Crippen molar-refractivity contribution >= 4 is 27.6 Å². The summed E-state index contributed by atoms with van der Waals surface area (Å²) < 4.78 is 26.5. The Labute approximate surface area is 159 Å². The molecule has 7 nitrogen and oxygen atoms in total. The molecule has 0 radical (unpaired) electrons. The van der Waals surface area contributed by atoms with Crippen molar-refractivity contribution in [3.05, 3.63) is 53.7 Å². The molecule has 27 heavy (non-hydrogen) atoms. The molecule has 0 bridgehead atoms. The van der Waals surface area contributed by atoms with E-state index in [1.807, 2.05) is 19.1 Å². The summed E-state index contributed by atoms with van der Waals surface area (Å²) in [5, 5.41) is 2.78. The van der Waals surface area contributed by atoms with Crippen molar-refractivity contribution in [2.24, 2.45) is 4.99 Å². The first-order valence-corrected chi connectivity index (χ1v) is 10.3. The number of nitrogens with zero attached hydrogens (tertiary/aromatic N) is 2. The zero-order chi connectivity index (χ0) is 19.3. The van der Waals surface area contributed by atoms with E-state index in [2.05, 4.69) is 20.0 Å². The lowest BCUT2D eigenvalue weighted by molar-refractivity contribution is -0.116. The molecule has 2 heterocycles. The predicted octanol–water partition coefficient (Wildman–Crippen LogP) is 2.63. The van der Waals surface area contributed by atoms with E-state index >= 15 is 0 Å². The summed E-state index contributed by atoms with van der Waals surface area (Å²) in [4.78, 5) is 20.7. The van der Waals surface area contributed by atoms with Gasteiger partial charge < -0.3 is 5.32 Å². The van der Waals surface area contributed by atoms with Crippen LogP contribution in [0.5, 0.6) is 0 Å². The van der Waals surface area contributed by atoms with Crippen molar-refractivity contribution in [1.29, 1.82) is 0 Å². The van der Waals surface area contributed by atoms with E-state index in [0.717, 1.165) is 24.8 Å². The van der Waals surface area contributed by atoms with Crippen LogP contribution >= 0.6 is 0 Å². The minimum Gasteiger partial charge on any atom is -0.311 e. The summed E-state index contributed by atoms with van der Waals surface area (Å²) in [5.41, 5.74) is 1.66. The van der Waals surface area contributed by atoms with Gasteiger partial charge in [-0.25, -0.2) is 13.4 Å². The summed E-state index contributed by atoms with van der Waals surface area (Å²) in [6.07, 6.45) is 4.44. The molecule has 0 fully saturated rings. The Morgan fingerprint density at radius 3 is 2.81 bits per heavy atom. The Hall–Kier alpha value is -2.74. The van der Waals surface area contributed by atoms with Gasteiger partial charge in [0.05, 0.1) is 4.90 Å². The lowest BCUT2D eigenvalue weighted by Crippen LogP contribution is -2.22. The second-order valence-electron chi connectivity index (χ2n) is 6.41. The van der Waals surface area contributed by atoms with Gasteiger partial charge >= 0.3 is 0 Å². The number of amidine groups is 1. The van der Waals surface area contributed by atoms with Crippen LogP contribution < -0.4 is 10.0 Å². The third-order valence-electron chi connectivity index (χ3n) is 4.18. The molecule has 1 aromatic heterocycles. The van der Waals surface area contributed by atoms with Crippen molar-refractivity contribution in [2.45, 2.75) is 37.5 Å². The highest BCUT2D eigenvalue weighted by molar-refractivity contribution is 7.90. The zero-order valence-electron chi connectivity index (χ0n) is 15.1. The number of amides is 1. The first-order chi connectivity index (χ1) is 13.0. The molecule has 0 atom stereocenters. The van der Waals surface area contributed by atoms with Gasteiger partial charge in [0.1, 0.15) is 11.7 Å². The highest BCUT2D eigenvalue weighted by Gasteiger charge is 2.29. The minimum atomic E-state index is -3.49. The lowest BCUT2D eigenvalue weighted by atomic mass is 10.2. The number of fused-ring (bicyclic) bond motifs is 1. The van der Waals surface area contributed by atoms with E-state index in [0.29, 0.717) is 30.2 Å². The fourth-order valence-electron chi connectivity index (χ4n) is 2.83. The summed E-state index contributed by atoms with van der Waals surface area (Å²) in [6, 6.07) is 10.5. The number of aliphatic imine (C=N–C) groups is 1. The normalized spacial score (nSPS) is 16.0. The van der Waals surface area contributed by atoms with Gasteiger partial charge in [0.2, 0.25) is 5.91 Å². The molecule has 0 saturated carbocycles. The smallest absolute Gasteiger partial charge is 0.263 e. The van der Waals surface area contributed by atoms with Crippen molar-refractivity contribution < 1.29 is 13.2 Å². The molecule has 0 spiro atoms. The predicted molar refractivity (Wildman–Crippen MR) is 104 cm³/mol. The van der Waals surface area contributed by atoms with Crippen LogP contribution in [0.4, 0.5) is 5.82 Å². The summed E-state index contributed by atoms with van der Waals surface area (Å²) in [6.45, 7) is 2.45. The van der Waals surface area contributed by atoms with E-state index in [-0.39, 0.29) is 10.8 Å². The van der Waals surface area contributed by atoms with Gasteiger partial charge in [-0.1, -0.05) is 18.6 Å². The zero-order valence-corrected chi connectivity index (χ0v) is 15.9. The first-order valence-electron chi connectivity index (χ1n) is 8.85. The number of hydrogen-bond acceptors (Lipinski definition) is 5. The third-order valence-corrected chi connectivity index (χ3v) is 5.57. The standard InChI is InChI=1S/C19H22N4O3S/c1-14-10-12-20-17(13-14)22-18(24)9-3-2-6-11-21-19-15-7-4-5-8-16(15)27(25,26)23-19/h4-5,7-8,10,12-13H,2-3,6,9,11H2,1H3,(H,21,23)(H,20,22,24). The van der Waals surface area contributed by atoms with Crippen molar-refractivity contribution in [3.63, 3.8) is 0 Å². The highest BCUT2D eigenvalue weighted by atomic mass is 32.2. The summed E-state index contributed by atoms with van der Waals surface area (Å²) in [7, 11) is -3.49. The van der Waals surface area contributed by atoms with Crippen molar-refractivity contribution in [3.8, 4) is 0 Å². The number of carbonyl (C=O) groups is 1. The van der Waals surface area contributed by atoms with E-state index in [4.69, 9.17) is 0 Å². The molecule has 1 aliphatic heterocycles. The minimum absolute atomic E-state index is 0.0584. The lowest BCUT2D eigenvalue weighted by Gasteiger charge is -2.05. The SMILES string of the molecule is Cc1ccnc(NC(=O)CCCCCN=C2NS(=O)(=O)c3ccccc32)c1. The van der Waals surface area contributed by atoms with Crippen LogP contribution in [-0.4, -0.2) is 31.7 Å². The van der Waals surface area contributed by atoms with Crippen LogP contribution in [-0.2, 0) is 14.8 Å². The maximum Gasteiger partial charge on any atom is 0.263 e. The Morgan fingerprint density at radius 1 is 1.19 bits per heavy atom. The molecule has 1 amide bonds. The van der Waals surface area contributed by atoms with Crippen LogP contribution in [0.15, 0.2) is 52.5 Å². The van der Waals surface area contributed by atoms with Crippen LogP contribution in [0.1, 0.15) is 36.8 Å². The monoisotopic (exact) mass is 386 g/mol. The molecule has 3 rings (SSSR count). The fraction of sp³-hybridized carbons (Fsp3) is 0.316. The fourth-order valence-corrected chi connectivity index (χ4v) is 4.08. The Kier molecular flexibility index (Phi) is 5.85. The van der Waals surface area contributed by atoms with Crippen molar-refractivity contribution in [1.82, 2.24) is 9.71 Å². The molecule has 0 unspecified atom stereocenters. The molecular weight excluding hydrogens is 364 g/mol. The maximum absolute atomic E-state index is 12.0. The van der Waals surface area contributed by atoms with Gasteiger partial charge in [0, 0.05) is 24.7 Å². The van der Waals surface area contributed by atoms with Crippen LogP contribution in [0.25, 0.3) is 0 Å². The van der Waals surface area contributed by atoms with Crippen LogP contribution in [0, 0.1) is 6.92 Å². The molecule has 8 heteroatoms.